The maximum atomic E-state index is 5.92. The molecule has 0 heterocycles. The van der Waals surface area contributed by atoms with Crippen LogP contribution in [0.2, 0.25) is 0 Å². The molecule has 0 aromatic rings. The molecule has 0 aromatic heterocycles. The van der Waals surface area contributed by atoms with E-state index in [1.807, 2.05) is 6.08 Å². The molecule has 0 amide bonds. The molecule has 0 fully saturated rings. The van der Waals surface area contributed by atoms with Crippen LogP contribution in [0.3, 0.4) is 0 Å². The molecule has 2 atom stereocenters. The third kappa shape index (κ3) is 3.84. The Morgan fingerprint density at radius 2 is 2.06 bits per heavy atom. The van der Waals surface area contributed by atoms with Gasteiger partial charge < -0.3 is 9.47 Å². The molecule has 0 saturated carbocycles. The summed E-state index contributed by atoms with van der Waals surface area (Å²) >= 11 is 5.92. The molecule has 0 aromatic carbocycles. The van der Waals surface area contributed by atoms with Gasteiger partial charge in [-0.05, 0) is 24.5 Å². The largest absolute Gasteiger partial charge is 0.382 e. The van der Waals surface area contributed by atoms with Crippen molar-refractivity contribution >= 4 is 11.6 Å². The van der Waals surface area contributed by atoms with Gasteiger partial charge in [-0.1, -0.05) is 42.0 Å². The average molecular weight is 267 g/mol. The molecule has 2 aliphatic carbocycles. The summed E-state index contributed by atoms with van der Waals surface area (Å²) in [6, 6.07) is 0. The molecule has 0 N–H and O–H groups in total. The van der Waals surface area contributed by atoms with Crippen molar-refractivity contribution in [2.75, 3.05) is 20.3 Å². The van der Waals surface area contributed by atoms with E-state index in [9.17, 15) is 0 Å². The minimum absolute atomic E-state index is 0.190. The van der Waals surface area contributed by atoms with E-state index in [2.05, 4.69) is 30.4 Å². The Morgan fingerprint density at radius 3 is 2.67 bits per heavy atom. The minimum atomic E-state index is 0.190. The molecule has 3 heteroatoms. The maximum absolute atomic E-state index is 5.92. The quantitative estimate of drug-likeness (QED) is 0.708. The second kappa shape index (κ2) is 6.93. The van der Waals surface area contributed by atoms with Crippen LogP contribution in [0, 0.1) is 5.92 Å². The SMILES string of the molecule is COCCOC1C=CC(C2C=CC(Cl)=CC2)=CC1. The first-order chi connectivity index (χ1) is 8.79. The third-order valence-corrected chi connectivity index (χ3v) is 3.47. The zero-order valence-electron chi connectivity index (χ0n) is 10.6. The van der Waals surface area contributed by atoms with E-state index in [1.165, 1.54) is 5.57 Å². The van der Waals surface area contributed by atoms with E-state index in [0.717, 1.165) is 17.9 Å². The summed E-state index contributed by atoms with van der Waals surface area (Å²) in [4.78, 5) is 0. The number of methoxy groups -OCH3 is 1. The zero-order chi connectivity index (χ0) is 12.8. The predicted octanol–water partition coefficient (Wildman–Crippen LogP) is 3.60. The molecule has 2 rings (SSSR count). The molecule has 18 heavy (non-hydrogen) atoms. The maximum Gasteiger partial charge on any atom is 0.0794 e. The first-order valence-electron chi connectivity index (χ1n) is 6.32. The minimum Gasteiger partial charge on any atom is -0.382 e. The van der Waals surface area contributed by atoms with Gasteiger partial charge in [-0.2, -0.15) is 0 Å². The zero-order valence-corrected chi connectivity index (χ0v) is 11.4. The van der Waals surface area contributed by atoms with Crippen LogP contribution < -0.4 is 0 Å². The molecular weight excluding hydrogens is 248 g/mol. The number of halogens is 1. The van der Waals surface area contributed by atoms with Crippen molar-refractivity contribution in [1.82, 2.24) is 0 Å². The van der Waals surface area contributed by atoms with Gasteiger partial charge in [0.25, 0.3) is 0 Å². The van der Waals surface area contributed by atoms with E-state index in [0.29, 0.717) is 19.1 Å². The van der Waals surface area contributed by atoms with E-state index >= 15 is 0 Å². The summed E-state index contributed by atoms with van der Waals surface area (Å²) in [5, 5.41) is 0.840. The van der Waals surface area contributed by atoms with Gasteiger partial charge in [-0.25, -0.2) is 0 Å². The fourth-order valence-electron chi connectivity index (χ4n) is 2.14. The van der Waals surface area contributed by atoms with Crippen LogP contribution in [-0.4, -0.2) is 26.4 Å². The van der Waals surface area contributed by atoms with Gasteiger partial charge in [0.2, 0.25) is 0 Å². The van der Waals surface area contributed by atoms with Gasteiger partial charge in [0.15, 0.2) is 0 Å². The van der Waals surface area contributed by atoms with Crippen LogP contribution in [0.4, 0.5) is 0 Å². The highest BCUT2D eigenvalue weighted by Crippen LogP contribution is 2.28. The summed E-state index contributed by atoms with van der Waals surface area (Å²) in [5.41, 5.74) is 1.36. The Labute approximate surface area is 114 Å². The number of allylic oxidation sites excluding steroid dienone is 6. The van der Waals surface area contributed by atoms with E-state index < -0.39 is 0 Å². The van der Waals surface area contributed by atoms with Crippen molar-refractivity contribution in [1.29, 1.82) is 0 Å². The molecule has 0 aliphatic heterocycles. The second-order valence-corrected chi connectivity index (χ2v) is 4.93. The number of rotatable bonds is 5. The number of ether oxygens (including phenoxy) is 2. The smallest absolute Gasteiger partial charge is 0.0794 e. The number of hydrogen-bond acceptors (Lipinski definition) is 2. The lowest BCUT2D eigenvalue weighted by Crippen LogP contribution is -2.16. The monoisotopic (exact) mass is 266 g/mol. The third-order valence-electron chi connectivity index (χ3n) is 3.19. The van der Waals surface area contributed by atoms with Gasteiger partial charge in [-0.3, -0.25) is 0 Å². The Morgan fingerprint density at radius 1 is 1.17 bits per heavy atom. The van der Waals surface area contributed by atoms with Crippen LogP contribution in [0.15, 0.2) is 47.1 Å². The first kappa shape index (κ1) is 13.6. The molecule has 2 unspecified atom stereocenters. The predicted molar refractivity (Wildman–Crippen MR) is 74.6 cm³/mol. The van der Waals surface area contributed by atoms with Gasteiger partial charge in [0.05, 0.1) is 19.3 Å². The lowest BCUT2D eigenvalue weighted by Gasteiger charge is -2.21. The highest BCUT2D eigenvalue weighted by molar-refractivity contribution is 6.31. The fraction of sp³-hybridized carbons (Fsp3) is 0.467. The van der Waals surface area contributed by atoms with Gasteiger partial charge in [-0.15, -0.1) is 0 Å². The van der Waals surface area contributed by atoms with Crippen molar-refractivity contribution < 1.29 is 9.47 Å². The van der Waals surface area contributed by atoms with E-state index in [4.69, 9.17) is 21.1 Å². The topological polar surface area (TPSA) is 18.5 Å². The van der Waals surface area contributed by atoms with Crippen molar-refractivity contribution in [3.63, 3.8) is 0 Å². The molecule has 0 saturated heterocycles. The van der Waals surface area contributed by atoms with Crippen LogP contribution >= 0.6 is 11.6 Å². The van der Waals surface area contributed by atoms with Crippen molar-refractivity contribution in [2.45, 2.75) is 18.9 Å². The van der Waals surface area contributed by atoms with E-state index in [-0.39, 0.29) is 6.10 Å². The Bertz CT molecular complexity index is 393. The number of hydrogen-bond donors (Lipinski definition) is 0. The van der Waals surface area contributed by atoms with Crippen LogP contribution in [0.1, 0.15) is 12.8 Å². The first-order valence-corrected chi connectivity index (χ1v) is 6.70. The normalized spacial score (nSPS) is 27.0. The Hall–Kier alpha value is -0.830. The van der Waals surface area contributed by atoms with Gasteiger partial charge >= 0.3 is 0 Å². The summed E-state index contributed by atoms with van der Waals surface area (Å²) in [6.45, 7) is 1.30. The van der Waals surface area contributed by atoms with Crippen molar-refractivity contribution in [2.24, 2.45) is 5.92 Å². The summed E-state index contributed by atoms with van der Waals surface area (Å²) < 4.78 is 10.6. The fourth-order valence-corrected chi connectivity index (χ4v) is 2.30. The molecule has 0 radical (unpaired) electrons. The van der Waals surface area contributed by atoms with Crippen molar-refractivity contribution in [3.05, 3.63) is 47.1 Å². The van der Waals surface area contributed by atoms with E-state index in [1.54, 1.807) is 7.11 Å². The molecule has 0 spiro atoms. The lowest BCUT2D eigenvalue weighted by molar-refractivity contribution is 0.0403. The molecule has 98 valence electrons. The lowest BCUT2D eigenvalue weighted by atomic mass is 9.88. The van der Waals surface area contributed by atoms with Gasteiger partial charge in [0, 0.05) is 18.1 Å². The summed E-state index contributed by atoms with van der Waals surface area (Å²) in [7, 11) is 1.69. The summed E-state index contributed by atoms with van der Waals surface area (Å²) in [6.07, 6.45) is 14.9. The van der Waals surface area contributed by atoms with Crippen molar-refractivity contribution in [3.8, 4) is 0 Å². The van der Waals surface area contributed by atoms with Crippen LogP contribution in [0.5, 0.6) is 0 Å². The van der Waals surface area contributed by atoms with Crippen LogP contribution in [0.25, 0.3) is 0 Å². The standard InChI is InChI=1S/C15H19ClO2/c1-17-10-11-18-15-8-4-13(5-9-15)12-2-6-14(16)7-3-12/h2,4-8,12,15H,3,9-11H2,1H3. The second-order valence-electron chi connectivity index (χ2n) is 4.49. The Balaban J connectivity index is 1.81. The highest BCUT2D eigenvalue weighted by Gasteiger charge is 2.15. The van der Waals surface area contributed by atoms with Gasteiger partial charge in [0.1, 0.15) is 0 Å². The highest BCUT2D eigenvalue weighted by atomic mass is 35.5. The molecular formula is C15H19ClO2. The molecule has 2 nitrogen and oxygen atoms in total. The average Bonchev–Trinajstić information content (AvgIpc) is 2.41. The Kier molecular flexibility index (Phi) is 5.24. The molecule has 2 aliphatic rings. The summed E-state index contributed by atoms with van der Waals surface area (Å²) in [5.74, 6) is 0.462. The molecule has 0 bridgehead atoms. The van der Waals surface area contributed by atoms with Crippen LogP contribution in [-0.2, 0) is 9.47 Å².